The van der Waals surface area contributed by atoms with Gasteiger partial charge in [-0.05, 0) is 49.2 Å². The van der Waals surface area contributed by atoms with Crippen molar-refractivity contribution >= 4 is 29.3 Å². The molecule has 0 unspecified atom stereocenters. The van der Waals surface area contributed by atoms with Crippen LogP contribution >= 0.6 is 11.8 Å². The fraction of sp³-hybridized carbons (Fsp3) is 0.250. The molecule has 0 spiro atoms. The van der Waals surface area contributed by atoms with Crippen molar-refractivity contribution in [3.05, 3.63) is 66.1 Å². The first-order valence-electron chi connectivity index (χ1n) is 8.81. The fourth-order valence-electron chi connectivity index (χ4n) is 3.34. The number of aromatic nitrogens is 2. The van der Waals surface area contributed by atoms with Crippen LogP contribution in [0, 0.1) is 0 Å². The van der Waals surface area contributed by atoms with E-state index in [2.05, 4.69) is 4.98 Å². The van der Waals surface area contributed by atoms with Crippen LogP contribution in [0.5, 0.6) is 0 Å². The summed E-state index contributed by atoms with van der Waals surface area (Å²) in [5.41, 5.74) is 2.44. The van der Waals surface area contributed by atoms with Crippen molar-refractivity contribution in [2.24, 2.45) is 0 Å². The molecule has 0 saturated carbocycles. The second kappa shape index (κ2) is 7.44. The summed E-state index contributed by atoms with van der Waals surface area (Å²) in [6, 6.07) is 12.5. The van der Waals surface area contributed by atoms with Gasteiger partial charge in [0, 0.05) is 35.2 Å². The molecule has 27 heavy (non-hydrogen) atoms. The molecule has 1 aliphatic heterocycles. The number of amides is 1. The monoisotopic (exact) mass is 381 g/mol. The number of carbonyl (C=O) groups excluding carboxylic acids is 1. The Bertz CT molecular complexity index is 951. The minimum Gasteiger partial charge on any atom is -0.480 e. The number of imidazole rings is 1. The number of hydrogen-bond donors (Lipinski definition) is 1. The molecule has 7 heteroatoms. The molecule has 1 saturated heterocycles. The number of thioether (sulfide) groups is 1. The van der Waals surface area contributed by atoms with Crippen LogP contribution in [0.4, 0.5) is 0 Å². The van der Waals surface area contributed by atoms with E-state index < -0.39 is 12.0 Å². The number of carboxylic acid groups (broad SMARTS) is 1. The maximum absolute atomic E-state index is 12.6. The Morgan fingerprint density at radius 3 is 2.74 bits per heavy atom. The Balaban J connectivity index is 1.41. The predicted molar refractivity (Wildman–Crippen MR) is 103 cm³/mol. The first-order valence-corrected chi connectivity index (χ1v) is 9.79. The number of nitrogens with zero attached hydrogens (tertiary/aromatic N) is 3. The summed E-state index contributed by atoms with van der Waals surface area (Å²) in [4.78, 5) is 31.0. The average Bonchev–Trinajstić information content (AvgIpc) is 3.33. The lowest BCUT2D eigenvalue weighted by Gasteiger charge is -2.21. The standard InChI is InChI=1S/C20H19N3O3S/c24-19(23-11-3-4-17(23)20(25)26)14-6-8-16(9-7-14)27-13-15-12-22-10-2-1-5-18(22)21-15/h1-2,5-10,12,17H,3-4,11,13H2,(H,25,26)/t17-/m0/s1. The summed E-state index contributed by atoms with van der Waals surface area (Å²) >= 11 is 1.65. The van der Waals surface area contributed by atoms with Crippen molar-refractivity contribution in [2.45, 2.75) is 29.5 Å². The number of carbonyl (C=O) groups is 2. The minimum atomic E-state index is -0.930. The van der Waals surface area contributed by atoms with Crippen molar-refractivity contribution in [3.8, 4) is 0 Å². The van der Waals surface area contributed by atoms with Crippen LogP contribution in [0.2, 0.25) is 0 Å². The Hall–Kier alpha value is -2.80. The van der Waals surface area contributed by atoms with E-state index >= 15 is 0 Å². The van der Waals surface area contributed by atoms with Gasteiger partial charge in [-0.3, -0.25) is 4.79 Å². The quantitative estimate of drug-likeness (QED) is 0.686. The number of rotatable bonds is 5. The highest BCUT2D eigenvalue weighted by Gasteiger charge is 2.34. The maximum Gasteiger partial charge on any atom is 0.326 e. The van der Waals surface area contributed by atoms with Gasteiger partial charge in [0.05, 0.1) is 5.69 Å². The molecule has 3 aromatic rings. The van der Waals surface area contributed by atoms with Gasteiger partial charge in [-0.25, -0.2) is 9.78 Å². The van der Waals surface area contributed by atoms with Gasteiger partial charge in [0.25, 0.3) is 5.91 Å². The molecule has 1 fully saturated rings. The number of hydrogen-bond acceptors (Lipinski definition) is 4. The van der Waals surface area contributed by atoms with E-state index in [0.29, 0.717) is 18.5 Å². The van der Waals surface area contributed by atoms with Gasteiger partial charge in [-0.15, -0.1) is 11.8 Å². The summed E-state index contributed by atoms with van der Waals surface area (Å²) in [7, 11) is 0. The Labute approximate surface area is 160 Å². The van der Waals surface area contributed by atoms with Crippen LogP contribution in [0.25, 0.3) is 5.65 Å². The van der Waals surface area contributed by atoms with E-state index in [0.717, 1.165) is 28.4 Å². The lowest BCUT2D eigenvalue weighted by molar-refractivity contribution is -0.141. The lowest BCUT2D eigenvalue weighted by atomic mass is 10.1. The molecule has 0 radical (unpaired) electrons. The van der Waals surface area contributed by atoms with E-state index in [1.807, 2.05) is 47.1 Å². The molecule has 2 aromatic heterocycles. The number of carboxylic acids is 1. The summed E-state index contributed by atoms with van der Waals surface area (Å²) in [5, 5.41) is 9.25. The van der Waals surface area contributed by atoms with Crippen molar-refractivity contribution in [2.75, 3.05) is 6.54 Å². The highest BCUT2D eigenvalue weighted by molar-refractivity contribution is 7.98. The zero-order valence-corrected chi connectivity index (χ0v) is 15.4. The first kappa shape index (κ1) is 17.6. The third-order valence-corrected chi connectivity index (χ3v) is 5.75. The molecule has 1 N–H and O–H groups in total. The molecule has 1 aliphatic rings. The first-order chi connectivity index (χ1) is 13.1. The number of pyridine rings is 1. The highest BCUT2D eigenvalue weighted by Crippen LogP contribution is 2.25. The molecule has 4 rings (SSSR count). The van der Waals surface area contributed by atoms with Gasteiger partial charge < -0.3 is 14.4 Å². The molecule has 0 aliphatic carbocycles. The van der Waals surface area contributed by atoms with Gasteiger partial charge >= 0.3 is 5.97 Å². The molecular weight excluding hydrogens is 362 g/mol. The number of benzene rings is 1. The average molecular weight is 381 g/mol. The molecule has 1 atom stereocenters. The van der Waals surface area contributed by atoms with Gasteiger partial charge in [0.2, 0.25) is 0 Å². The minimum absolute atomic E-state index is 0.211. The zero-order chi connectivity index (χ0) is 18.8. The summed E-state index contributed by atoms with van der Waals surface area (Å²) in [6.45, 7) is 0.500. The topological polar surface area (TPSA) is 74.9 Å². The summed E-state index contributed by atoms with van der Waals surface area (Å²) in [5.74, 6) is -0.403. The van der Waals surface area contributed by atoms with Gasteiger partial charge in [0.15, 0.2) is 0 Å². The van der Waals surface area contributed by atoms with E-state index in [1.165, 1.54) is 4.90 Å². The van der Waals surface area contributed by atoms with Crippen LogP contribution in [0.15, 0.2) is 59.8 Å². The molecule has 3 heterocycles. The molecule has 0 bridgehead atoms. The summed E-state index contributed by atoms with van der Waals surface area (Å²) < 4.78 is 1.99. The third-order valence-electron chi connectivity index (χ3n) is 4.70. The Kier molecular flexibility index (Phi) is 4.85. The highest BCUT2D eigenvalue weighted by atomic mass is 32.2. The fourth-order valence-corrected chi connectivity index (χ4v) is 4.12. The van der Waals surface area contributed by atoms with Crippen molar-refractivity contribution < 1.29 is 14.7 Å². The van der Waals surface area contributed by atoms with E-state index in [4.69, 9.17) is 0 Å². The van der Waals surface area contributed by atoms with Crippen LogP contribution in [-0.4, -0.2) is 43.9 Å². The number of fused-ring (bicyclic) bond motifs is 1. The largest absolute Gasteiger partial charge is 0.480 e. The maximum atomic E-state index is 12.6. The molecule has 1 amide bonds. The normalized spacial score (nSPS) is 16.7. The second-order valence-corrected chi connectivity index (χ2v) is 7.55. The zero-order valence-electron chi connectivity index (χ0n) is 14.6. The van der Waals surface area contributed by atoms with Gasteiger partial charge in [0.1, 0.15) is 11.7 Å². The van der Waals surface area contributed by atoms with Crippen molar-refractivity contribution in [3.63, 3.8) is 0 Å². The third kappa shape index (κ3) is 3.68. The number of aliphatic carboxylic acids is 1. The molecular formula is C20H19N3O3S. The SMILES string of the molecule is O=C(O)[C@@H]1CCCN1C(=O)c1ccc(SCc2cn3ccccc3n2)cc1. The van der Waals surface area contributed by atoms with Crippen LogP contribution in [0.3, 0.4) is 0 Å². The van der Waals surface area contributed by atoms with Gasteiger partial charge in [-0.2, -0.15) is 0 Å². The van der Waals surface area contributed by atoms with Crippen molar-refractivity contribution in [1.29, 1.82) is 0 Å². The van der Waals surface area contributed by atoms with Crippen LogP contribution < -0.4 is 0 Å². The van der Waals surface area contributed by atoms with Gasteiger partial charge in [-0.1, -0.05) is 6.07 Å². The van der Waals surface area contributed by atoms with E-state index in [-0.39, 0.29) is 5.91 Å². The second-order valence-electron chi connectivity index (χ2n) is 6.51. The van der Waals surface area contributed by atoms with E-state index in [1.54, 1.807) is 23.9 Å². The lowest BCUT2D eigenvalue weighted by Crippen LogP contribution is -2.40. The van der Waals surface area contributed by atoms with E-state index in [9.17, 15) is 14.7 Å². The smallest absolute Gasteiger partial charge is 0.326 e. The molecule has 6 nitrogen and oxygen atoms in total. The van der Waals surface area contributed by atoms with Crippen molar-refractivity contribution in [1.82, 2.24) is 14.3 Å². The Morgan fingerprint density at radius 1 is 1.19 bits per heavy atom. The summed E-state index contributed by atoms with van der Waals surface area (Å²) in [6.07, 6.45) is 5.24. The molecule has 1 aromatic carbocycles. The van der Waals surface area contributed by atoms with Crippen LogP contribution in [-0.2, 0) is 10.5 Å². The Morgan fingerprint density at radius 2 is 2.00 bits per heavy atom. The number of likely N-dealkylation sites (tertiary alicyclic amines) is 1. The predicted octanol–water partition coefficient (Wildman–Crippen LogP) is 3.32. The van der Waals surface area contributed by atoms with Crippen LogP contribution in [0.1, 0.15) is 28.9 Å². The molecule has 138 valence electrons.